The van der Waals surface area contributed by atoms with Crippen molar-refractivity contribution in [1.82, 2.24) is 0 Å². The van der Waals surface area contributed by atoms with Crippen LogP contribution in [0, 0.1) is 6.92 Å². The highest BCUT2D eigenvalue weighted by Crippen LogP contribution is 2.21. The van der Waals surface area contributed by atoms with E-state index in [0.717, 1.165) is 5.56 Å². The Morgan fingerprint density at radius 3 is 2.33 bits per heavy atom. The van der Waals surface area contributed by atoms with Crippen molar-refractivity contribution in [2.24, 2.45) is 0 Å². The Morgan fingerprint density at radius 1 is 0.900 bits per heavy atom. The molecule has 7 heteroatoms. The topological polar surface area (TPSA) is 76.7 Å². The molecule has 0 atom stereocenters. The number of carbonyl (C=O) groups excluding carboxylic acids is 2. The first kappa shape index (κ1) is 21.2. The summed E-state index contributed by atoms with van der Waals surface area (Å²) in [5.41, 5.74) is 2.63. The van der Waals surface area contributed by atoms with Crippen LogP contribution < -0.4 is 20.1 Å². The van der Waals surface area contributed by atoms with Gasteiger partial charge in [0.25, 0.3) is 11.8 Å². The summed E-state index contributed by atoms with van der Waals surface area (Å²) in [5.74, 6) is 0.555. The van der Waals surface area contributed by atoms with Crippen LogP contribution in [-0.4, -0.2) is 25.5 Å². The van der Waals surface area contributed by atoms with Gasteiger partial charge in [-0.3, -0.25) is 9.59 Å². The number of nitrogens with one attached hydrogen (secondary N) is 2. The highest BCUT2D eigenvalue weighted by molar-refractivity contribution is 6.31. The molecule has 0 heterocycles. The predicted octanol–water partition coefficient (Wildman–Crippen LogP) is 4.93. The standard InChI is InChI=1S/C23H21ClN2O4/c1-15-6-9-18(13-21(15)24)26-23(28)16-7-10-19(11-8-16)30-14-22(27)25-17-4-3-5-20(12-17)29-2/h3-13H,14H2,1-2H3,(H,25,27)(H,26,28). The van der Waals surface area contributed by atoms with Crippen molar-refractivity contribution in [2.75, 3.05) is 24.4 Å². The number of halogens is 1. The second-order valence-electron chi connectivity index (χ2n) is 6.51. The second-order valence-corrected chi connectivity index (χ2v) is 6.92. The molecule has 2 amide bonds. The Morgan fingerprint density at radius 2 is 1.63 bits per heavy atom. The zero-order valence-electron chi connectivity index (χ0n) is 16.6. The van der Waals surface area contributed by atoms with Crippen molar-refractivity contribution in [3.05, 3.63) is 82.9 Å². The zero-order chi connectivity index (χ0) is 21.5. The average molecular weight is 425 g/mol. The van der Waals surface area contributed by atoms with E-state index < -0.39 is 0 Å². The number of methoxy groups -OCH3 is 1. The maximum Gasteiger partial charge on any atom is 0.262 e. The predicted molar refractivity (Wildman–Crippen MR) is 118 cm³/mol. The minimum atomic E-state index is -0.304. The summed E-state index contributed by atoms with van der Waals surface area (Å²) in [6, 6.07) is 18.9. The molecule has 0 unspecified atom stereocenters. The lowest BCUT2D eigenvalue weighted by molar-refractivity contribution is -0.118. The quantitative estimate of drug-likeness (QED) is 0.564. The second kappa shape index (κ2) is 9.80. The zero-order valence-corrected chi connectivity index (χ0v) is 17.3. The van der Waals surface area contributed by atoms with E-state index in [1.54, 1.807) is 67.8 Å². The molecule has 154 valence electrons. The van der Waals surface area contributed by atoms with E-state index in [0.29, 0.717) is 33.5 Å². The molecule has 0 saturated heterocycles. The first-order chi connectivity index (χ1) is 14.4. The van der Waals surface area contributed by atoms with E-state index in [1.807, 2.05) is 13.0 Å². The Hall–Kier alpha value is -3.51. The van der Waals surface area contributed by atoms with E-state index >= 15 is 0 Å². The van der Waals surface area contributed by atoms with Crippen molar-refractivity contribution in [1.29, 1.82) is 0 Å². The largest absolute Gasteiger partial charge is 0.497 e. The number of amides is 2. The van der Waals surface area contributed by atoms with Crippen LogP contribution in [0.15, 0.2) is 66.7 Å². The molecule has 0 bridgehead atoms. The lowest BCUT2D eigenvalue weighted by Crippen LogP contribution is -2.20. The van der Waals surface area contributed by atoms with Crippen molar-refractivity contribution in [3.8, 4) is 11.5 Å². The van der Waals surface area contributed by atoms with Gasteiger partial charge in [0.05, 0.1) is 7.11 Å². The van der Waals surface area contributed by atoms with Gasteiger partial charge in [-0.05, 0) is 61.0 Å². The summed E-state index contributed by atoms with van der Waals surface area (Å²) < 4.78 is 10.6. The highest BCUT2D eigenvalue weighted by atomic mass is 35.5. The van der Waals surface area contributed by atoms with E-state index in [9.17, 15) is 9.59 Å². The molecular weight excluding hydrogens is 404 g/mol. The van der Waals surface area contributed by atoms with Crippen molar-refractivity contribution in [3.63, 3.8) is 0 Å². The van der Waals surface area contributed by atoms with Gasteiger partial charge in [-0.2, -0.15) is 0 Å². The smallest absolute Gasteiger partial charge is 0.262 e. The van der Waals surface area contributed by atoms with Gasteiger partial charge in [0.2, 0.25) is 0 Å². The van der Waals surface area contributed by atoms with Gasteiger partial charge in [0.1, 0.15) is 11.5 Å². The lowest BCUT2D eigenvalue weighted by atomic mass is 10.2. The molecule has 3 aromatic rings. The SMILES string of the molecule is COc1cccc(NC(=O)COc2ccc(C(=O)Nc3ccc(C)c(Cl)c3)cc2)c1. The van der Waals surface area contributed by atoms with E-state index in [2.05, 4.69) is 10.6 Å². The Bertz CT molecular complexity index is 1050. The van der Waals surface area contributed by atoms with Crippen LogP contribution in [0.25, 0.3) is 0 Å². The molecule has 3 aromatic carbocycles. The van der Waals surface area contributed by atoms with Gasteiger partial charge in [-0.1, -0.05) is 23.7 Å². The van der Waals surface area contributed by atoms with E-state index in [4.69, 9.17) is 21.1 Å². The van der Waals surface area contributed by atoms with Crippen LogP contribution in [0.2, 0.25) is 5.02 Å². The fourth-order valence-corrected chi connectivity index (χ4v) is 2.80. The van der Waals surface area contributed by atoms with Crippen LogP contribution in [-0.2, 0) is 4.79 Å². The molecule has 0 spiro atoms. The van der Waals surface area contributed by atoms with Crippen LogP contribution in [0.3, 0.4) is 0 Å². The molecule has 6 nitrogen and oxygen atoms in total. The van der Waals surface area contributed by atoms with Gasteiger partial charge < -0.3 is 20.1 Å². The van der Waals surface area contributed by atoms with Crippen molar-refractivity contribution < 1.29 is 19.1 Å². The number of benzene rings is 3. The molecule has 0 aliphatic carbocycles. The molecule has 2 N–H and O–H groups in total. The highest BCUT2D eigenvalue weighted by Gasteiger charge is 2.09. The number of hydrogen-bond acceptors (Lipinski definition) is 4. The molecule has 0 radical (unpaired) electrons. The lowest BCUT2D eigenvalue weighted by Gasteiger charge is -2.10. The fourth-order valence-electron chi connectivity index (χ4n) is 2.62. The number of anilines is 2. The monoisotopic (exact) mass is 424 g/mol. The summed E-state index contributed by atoms with van der Waals surface area (Å²) in [6.45, 7) is 1.73. The van der Waals surface area contributed by atoms with E-state index in [1.165, 1.54) is 0 Å². The molecule has 3 rings (SSSR count). The summed E-state index contributed by atoms with van der Waals surface area (Å²) in [6.07, 6.45) is 0. The first-order valence-corrected chi connectivity index (χ1v) is 9.56. The molecule has 0 fully saturated rings. The maximum atomic E-state index is 12.4. The fraction of sp³-hybridized carbons (Fsp3) is 0.130. The maximum absolute atomic E-state index is 12.4. The number of hydrogen-bond donors (Lipinski definition) is 2. The number of ether oxygens (including phenoxy) is 2. The van der Waals surface area contributed by atoms with Crippen LogP contribution in [0.1, 0.15) is 15.9 Å². The molecule has 0 aliphatic heterocycles. The number of carbonyl (C=O) groups is 2. The molecule has 0 saturated carbocycles. The van der Waals surface area contributed by atoms with Crippen LogP contribution in [0.4, 0.5) is 11.4 Å². The van der Waals surface area contributed by atoms with Gasteiger partial charge >= 0.3 is 0 Å². The summed E-state index contributed by atoms with van der Waals surface area (Å²) in [4.78, 5) is 24.4. The molecule has 0 aromatic heterocycles. The first-order valence-electron chi connectivity index (χ1n) is 9.19. The Kier molecular flexibility index (Phi) is 6.93. The Balaban J connectivity index is 1.52. The van der Waals surface area contributed by atoms with Gasteiger partial charge in [0.15, 0.2) is 6.61 Å². The summed E-state index contributed by atoms with van der Waals surface area (Å²) >= 11 is 6.08. The van der Waals surface area contributed by atoms with Gasteiger partial charge in [-0.15, -0.1) is 0 Å². The Labute approximate surface area is 179 Å². The van der Waals surface area contributed by atoms with E-state index in [-0.39, 0.29) is 18.4 Å². The minimum Gasteiger partial charge on any atom is -0.497 e. The van der Waals surface area contributed by atoms with Crippen LogP contribution in [0.5, 0.6) is 11.5 Å². The van der Waals surface area contributed by atoms with Gasteiger partial charge in [0, 0.05) is 28.0 Å². The third-order valence-corrected chi connectivity index (χ3v) is 4.68. The average Bonchev–Trinajstić information content (AvgIpc) is 2.75. The molecular formula is C23H21ClN2O4. The third kappa shape index (κ3) is 5.75. The minimum absolute atomic E-state index is 0.162. The normalized spacial score (nSPS) is 10.2. The van der Waals surface area contributed by atoms with Gasteiger partial charge in [-0.25, -0.2) is 0 Å². The third-order valence-electron chi connectivity index (χ3n) is 4.27. The van der Waals surface area contributed by atoms with Crippen molar-refractivity contribution >= 4 is 34.8 Å². The van der Waals surface area contributed by atoms with Crippen LogP contribution >= 0.6 is 11.6 Å². The molecule has 30 heavy (non-hydrogen) atoms. The summed E-state index contributed by atoms with van der Waals surface area (Å²) in [5, 5.41) is 6.11. The number of rotatable bonds is 7. The number of aryl methyl sites for hydroxylation is 1. The van der Waals surface area contributed by atoms with Crippen molar-refractivity contribution in [2.45, 2.75) is 6.92 Å². The summed E-state index contributed by atoms with van der Waals surface area (Å²) in [7, 11) is 1.56. The molecule has 0 aliphatic rings.